The lowest BCUT2D eigenvalue weighted by molar-refractivity contribution is -0.141. The van der Waals surface area contributed by atoms with Crippen LogP contribution in [-0.2, 0) is 16.7 Å². The summed E-state index contributed by atoms with van der Waals surface area (Å²) in [5, 5.41) is 21.3. The molecule has 1 aromatic heterocycles. The zero-order valence-electron chi connectivity index (χ0n) is 18.2. The Kier molecular flexibility index (Phi) is 8.89. The summed E-state index contributed by atoms with van der Waals surface area (Å²) in [6.45, 7) is 3.76. The minimum atomic E-state index is -4.64. The van der Waals surface area contributed by atoms with E-state index in [0.717, 1.165) is 24.2 Å². The number of nitrogens with zero attached hydrogens (tertiary/aromatic N) is 3. The number of carbonyl (C=O) groups is 1. The van der Waals surface area contributed by atoms with Crippen LogP contribution >= 0.6 is 11.8 Å². The monoisotopic (exact) mass is 474 g/mol. The first-order chi connectivity index (χ1) is 15.6. The lowest BCUT2D eigenvalue weighted by Gasteiger charge is -2.13. The fourth-order valence-electron chi connectivity index (χ4n) is 2.83. The normalized spacial score (nSPS) is 11.5. The number of halogens is 3. The summed E-state index contributed by atoms with van der Waals surface area (Å²) < 4.78 is 44.9. The van der Waals surface area contributed by atoms with Crippen LogP contribution in [0.25, 0.3) is 6.08 Å². The van der Waals surface area contributed by atoms with Crippen LogP contribution in [0.5, 0.6) is 5.75 Å². The lowest BCUT2D eigenvalue weighted by Crippen LogP contribution is -2.25. The van der Waals surface area contributed by atoms with Crippen LogP contribution in [0.15, 0.2) is 34.9 Å². The summed E-state index contributed by atoms with van der Waals surface area (Å²) in [5.41, 5.74) is 0.257. The smallest absolute Gasteiger partial charge is 0.433 e. The number of benzene rings is 1. The first kappa shape index (κ1) is 25.8. The maximum absolute atomic E-state index is 13.2. The Morgan fingerprint density at radius 2 is 2.03 bits per heavy atom. The summed E-state index contributed by atoms with van der Waals surface area (Å²) in [6.07, 6.45) is -2.49. The summed E-state index contributed by atoms with van der Waals surface area (Å²) in [6, 6.07) is 9.59. The van der Waals surface area contributed by atoms with Crippen molar-refractivity contribution in [1.82, 2.24) is 10.3 Å². The number of aryl methyl sites for hydroxylation is 1. The Balaban J connectivity index is 2.38. The van der Waals surface area contributed by atoms with Crippen LogP contribution in [0.4, 0.5) is 13.2 Å². The van der Waals surface area contributed by atoms with Gasteiger partial charge < -0.3 is 10.1 Å². The summed E-state index contributed by atoms with van der Waals surface area (Å²) >= 11 is 0.971. The Morgan fingerprint density at radius 1 is 1.30 bits per heavy atom. The molecule has 172 valence electrons. The van der Waals surface area contributed by atoms with Gasteiger partial charge in [0.1, 0.15) is 34.2 Å². The van der Waals surface area contributed by atoms with Gasteiger partial charge in [-0.1, -0.05) is 13.0 Å². The lowest BCUT2D eigenvalue weighted by atomic mass is 10.1. The molecule has 0 unspecified atom stereocenters. The zero-order valence-corrected chi connectivity index (χ0v) is 19.0. The Labute approximate surface area is 194 Å². The number of carbonyl (C=O) groups excluding carboxylic acids is 1. The Bertz CT molecular complexity index is 1150. The first-order valence-electron chi connectivity index (χ1n) is 9.83. The maximum atomic E-state index is 13.2. The summed E-state index contributed by atoms with van der Waals surface area (Å²) in [4.78, 5) is 15.8. The highest BCUT2D eigenvalue weighted by Gasteiger charge is 2.34. The highest BCUT2D eigenvalue weighted by Crippen LogP contribution is 2.35. The minimum absolute atomic E-state index is 0.0375. The predicted molar refractivity (Wildman–Crippen MR) is 118 cm³/mol. The molecule has 0 atom stereocenters. The molecule has 0 bridgehead atoms. The van der Waals surface area contributed by atoms with Gasteiger partial charge in [0, 0.05) is 17.9 Å². The molecule has 0 aliphatic carbocycles. The topological polar surface area (TPSA) is 98.8 Å². The van der Waals surface area contributed by atoms with Gasteiger partial charge in [0.05, 0.1) is 12.7 Å². The van der Waals surface area contributed by atoms with Crippen LogP contribution in [0.2, 0.25) is 0 Å². The van der Waals surface area contributed by atoms with Gasteiger partial charge in [0.15, 0.2) is 0 Å². The molecule has 1 N–H and O–H groups in total. The third-order valence-corrected chi connectivity index (χ3v) is 5.49. The molecule has 0 radical (unpaired) electrons. The fraction of sp³-hybridized carbons (Fsp3) is 0.304. The van der Waals surface area contributed by atoms with Crippen LogP contribution in [-0.4, -0.2) is 24.5 Å². The van der Waals surface area contributed by atoms with E-state index in [1.165, 1.54) is 20.1 Å². The van der Waals surface area contributed by atoms with E-state index in [0.29, 0.717) is 23.4 Å². The number of methoxy groups -OCH3 is 1. The fourth-order valence-corrected chi connectivity index (χ4v) is 3.86. The minimum Gasteiger partial charge on any atom is -0.496 e. The number of rotatable bonds is 8. The number of aromatic nitrogens is 1. The second kappa shape index (κ2) is 11.4. The first-order valence-corrected chi connectivity index (χ1v) is 10.8. The number of pyridine rings is 1. The van der Waals surface area contributed by atoms with E-state index in [9.17, 15) is 28.5 Å². The highest BCUT2D eigenvalue weighted by atomic mass is 32.2. The van der Waals surface area contributed by atoms with Crippen LogP contribution in [0.1, 0.15) is 41.3 Å². The van der Waals surface area contributed by atoms with Crippen molar-refractivity contribution in [2.75, 3.05) is 13.7 Å². The molecular formula is C23H21F3N4O2S. The van der Waals surface area contributed by atoms with E-state index < -0.39 is 17.8 Å². The van der Waals surface area contributed by atoms with Crippen molar-refractivity contribution in [2.24, 2.45) is 0 Å². The number of nitriles is 2. The van der Waals surface area contributed by atoms with Gasteiger partial charge in [-0.05, 0) is 48.7 Å². The number of hydrogen-bond acceptors (Lipinski definition) is 6. The third kappa shape index (κ3) is 6.74. The van der Waals surface area contributed by atoms with Gasteiger partial charge in [-0.3, -0.25) is 4.79 Å². The predicted octanol–water partition coefficient (Wildman–Crippen LogP) is 5.01. The Morgan fingerprint density at radius 3 is 2.61 bits per heavy atom. The second-order valence-corrected chi connectivity index (χ2v) is 7.86. The summed E-state index contributed by atoms with van der Waals surface area (Å²) in [5.74, 6) is 0.126. The number of hydrogen-bond donors (Lipinski definition) is 1. The number of amides is 1. The van der Waals surface area contributed by atoms with E-state index in [1.807, 2.05) is 19.1 Å². The number of alkyl halides is 3. The Hall–Kier alpha value is -3.50. The third-order valence-electron chi connectivity index (χ3n) is 4.47. The highest BCUT2D eigenvalue weighted by molar-refractivity contribution is 7.98. The van der Waals surface area contributed by atoms with Gasteiger partial charge in [-0.2, -0.15) is 23.7 Å². The molecule has 10 heteroatoms. The molecule has 0 saturated heterocycles. The van der Waals surface area contributed by atoms with Crippen molar-refractivity contribution in [2.45, 2.75) is 37.2 Å². The quantitative estimate of drug-likeness (QED) is 0.328. The average molecular weight is 475 g/mol. The molecule has 2 aromatic rings. The summed E-state index contributed by atoms with van der Waals surface area (Å²) in [7, 11) is 1.45. The molecule has 1 heterocycles. The van der Waals surface area contributed by atoms with Crippen molar-refractivity contribution in [1.29, 1.82) is 10.5 Å². The van der Waals surface area contributed by atoms with E-state index in [1.54, 1.807) is 18.2 Å². The van der Waals surface area contributed by atoms with E-state index in [-0.39, 0.29) is 27.5 Å². The number of thioether (sulfide) groups is 1. The van der Waals surface area contributed by atoms with Gasteiger partial charge in [-0.15, -0.1) is 11.8 Å². The average Bonchev–Trinajstić information content (AvgIpc) is 2.78. The molecule has 0 aliphatic rings. The van der Waals surface area contributed by atoms with E-state index in [4.69, 9.17) is 4.74 Å². The molecule has 1 amide bonds. The van der Waals surface area contributed by atoms with Gasteiger partial charge in [0.25, 0.3) is 5.91 Å². The van der Waals surface area contributed by atoms with E-state index >= 15 is 0 Å². The molecular weight excluding hydrogens is 453 g/mol. The van der Waals surface area contributed by atoms with Crippen molar-refractivity contribution < 1.29 is 22.7 Å². The van der Waals surface area contributed by atoms with Crippen molar-refractivity contribution in [3.63, 3.8) is 0 Å². The van der Waals surface area contributed by atoms with Crippen molar-refractivity contribution >= 4 is 23.7 Å². The SMILES string of the molecule is CCCNC(=O)C(C#N)=Cc1ccc(OC)c(CSc2nc(C(F)(F)F)cc(C)c2C#N)c1. The van der Waals surface area contributed by atoms with Crippen molar-refractivity contribution in [3.8, 4) is 17.9 Å². The largest absolute Gasteiger partial charge is 0.496 e. The van der Waals surface area contributed by atoms with Gasteiger partial charge in [0.2, 0.25) is 0 Å². The molecule has 6 nitrogen and oxygen atoms in total. The van der Waals surface area contributed by atoms with Crippen molar-refractivity contribution in [3.05, 3.63) is 57.8 Å². The molecule has 0 saturated carbocycles. The number of nitrogens with one attached hydrogen (secondary N) is 1. The molecule has 0 spiro atoms. The second-order valence-electron chi connectivity index (χ2n) is 6.90. The maximum Gasteiger partial charge on any atom is 0.433 e. The van der Waals surface area contributed by atoms with Crippen LogP contribution in [0.3, 0.4) is 0 Å². The number of ether oxygens (including phenoxy) is 1. The molecule has 0 aliphatic heterocycles. The molecule has 1 aromatic carbocycles. The van der Waals surface area contributed by atoms with E-state index in [2.05, 4.69) is 10.3 Å². The van der Waals surface area contributed by atoms with Crippen LogP contribution < -0.4 is 10.1 Å². The molecule has 33 heavy (non-hydrogen) atoms. The standard InChI is InChI=1S/C23H21F3N4O2S/c1-4-7-29-21(31)16(11-27)9-15-5-6-19(32-3)17(10-15)13-33-22-18(12-28)14(2)8-20(30-22)23(24,25)26/h5-6,8-10H,4,7,13H2,1-3H3,(H,29,31). The zero-order chi connectivity index (χ0) is 24.6. The van der Waals surface area contributed by atoms with Gasteiger partial charge in [-0.25, -0.2) is 4.98 Å². The molecule has 0 fully saturated rings. The van der Waals surface area contributed by atoms with Crippen LogP contribution in [0, 0.1) is 29.6 Å². The van der Waals surface area contributed by atoms with Gasteiger partial charge >= 0.3 is 6.18 Å². The molecule has 2 rings (SSSR count).